The summed E-state index contributed by atoms with van der Waals surface area (Å²) >= 11 is 0. The van der Waals surface area contributed by atoms with Gasteiger partial charge in [0, 0.05) is 17.8 Å². The molecule has 0 amide bonds. The minimum Gasteiger partial charge on any atom is -0.481 e. The fraction of sp³-hybridized carbons (Fsp3) is 0.250. The van der Waals surface area contributed by atoms with Crippen LogP contribution in [0.5, 0.6) is 5.88 Å². The van der Waals surface area contributed by atoms with Crippen LogP contribution in [-0.4, -0.2) is 21.6 Å². The Labute approximate surface area is 98.7 Å². The molecule has 0 saturated heterocycles. The number of aryl methyl sites for hydroxylation is 1. The van der Waals surface area contributed by atoms with Crippen LogP contribution in [0.15, 0.2) is 35.5 Å². The lowest BCUT2D eigenvalue weighted by atomic mass is 10.2. The van der Waals surface area contributed by atoms with E-state index in [-0.39, 0.29) is 5.56 Å². The van der Waals surface area contributed by atoms with Gasteiger partial charge < -0.3 is 4.74 Å². The first-order chi connectivity index (χ1) is 8.26. The summed E-state index contributed by atoms with van der Waals surface area (Å²) in [5.41, 5.74) is 0.695. The number of ether oxygens (including phenoxy) is 1. The van der Waals surface area contributed by atoms with E-state index < -0.39 is 0 Å². The van der Waals surface area contributed by atoms with Gasteiger partial charge >= 0.3 is 0 Å². The van der Waals surface area contributed by atoms with Crippen LogP contribution >= 0.6 is 0 Å². The van der Waals surface area contributed by atoms with Gasteiger partial charge in [-0.1, -0.05) is 13.0 Å². The van der Waals surface area contributed by atoms with Crippen LogP contribution in [0.25, 0.3) is 5.82 Å². The number of aromatic nitrogens is 3. The Morgan fingerprint density at radius 2 is 2.24 bits per heavy atom. The third kappa shape index (κ3) is 2.18. The van der Waals surface area contributed by atoms with Crippen molar-refractivity contribution in [2.24, 2.45) is 0 Å². The van der Waals surface area contributed by atoms with Gasteiger partial charge in [-0.25, -0.2) is 9.97 Å². The Kier molecular flexibility index (Phi) is 3.18. The summed E-state index contributed by atoms with van der Waals surface area (Å²) in [5, 5.41) is 0. The largest absolute Gasteiger partial charge is 0.481 e. The van der Waals surface area contributed by atoms with E-state index in [1.165, 1.54) is 18.0 Å². The molecule has 2 rings (SSSR count). The molecule has 0 aliphatic heterocycles. The minimum atomic E-state index is -0.0595. The van der Waals surface area contributed by atoms with Crippen molar-refractivity contribution in [2.75, 3.05) is 7.11 Å². The first-order valence-electron chi connectivity index (χ1n) is 5.33. The molecule has 0 unspecified atom stereocenters. The Morgan fingerprint density at radius 3 is 2.94 bits per heavy atom. The zero-order chi connectivity index (χ0) is 12.3. The summed E-state index contributed by atoms with van der Waals surface area (Å²) in [6.45, 7) is 1.95. The van der Waals surface area contributed by atoms with E-state index in [2.05, 4.69) is 9.97 Å². The number of hydrogen-bond donors (Lipinski definition) is 0. The maximum atomic E-state index is 12.1. The third-order valence-electron chi connectivity index (χ3n) is 2.49. The summed E-state index contributed by atoms with van der Waals surface area (Å²) in [6, 6.07) is 5.27. The van der Waals surface area contributed by atoms with Crippen LogP contribution in [0, 0.1) is 0 Å². The van der Waals surface area contributed by atoms with Crippen molar-refractivity contribution in [3.8, 4) is 11.7 Å². The summed E-state index contributed by atoms with van der Waals surface area (Å²) in [5.74, 6) is 0.945. The van der Waals surface area contributed by atoms with Crippen molar-refractivity contribution < 1.29 is 4.74 Å². The van der Waals surface area contributed by atoms with Crippen LogP contribution in [-0.2, 0) is 6.42 Å². The third-order valence-corrected chi connectivity index (χ3v) is 2.49. The first kappa shape index (κ1) is 11.3. The molecule has 17 heavy (non-hydrogen) atoms. The van der Waals surface area contributed by atoms with Crippen molar-refractivity contribution in [1.29, 1.82) is 0 Å². The van der Waals surface area contributed by atoms with E-state index in [4.69, 9.17) is 4.74 Å². The maximum Gasteiger partial charge on any atom is 0.259 e. The summed E-state index contributed by atoms with van der Waals surface area (Å²) in [4.78, 5) is 20.0. The maximum absolute atomic E-state index is 12.1. The summed E-state index contributed by atoms with van der Waals surface area (Å²) in [7, 11) is 1.53. The summed E-state index contributed by atoms with van der Waals surface area (Å²) in [6.07, 6.45) is 3.75. The van der Waals surface area contributed by atoms with Gasteiger partial charge in [0.1, 0.15) is 12.1 Å². The van der Waals surface area contributed by atoms with E-state index in [9.17, 15) is 4.79 Å². The van der Waals surface area contributed by atoms with Crippen LogP contribution < -0.4 is 10.3 Å². The van der Waals surface area contributed by atoms with E-state index in [1.807, 2.05) is 19.1 Å². The van der Waals surface area contributed by atoms with Crippen molar-refractivity contribution in [1.82, 2.24) is 14.5 Å². The monoisotopic (exact) mass is 231 g/mol. The van der Waals surface area contributed by atoms with Crippen LogP contribution in [0.2, 0.25) is 0 Å². The second-order valence-electron chi connectivity index (χ2n) is 3.48. The van der Waals surface area contributed by atoms with Gasteiger partial charge in [-0.15, -0.1) is 0 Å². The second kappa shape index (κ2) is 4.78. The van der Waals surface area contributed by atoms with Gasteiger partial charge in [0.15, 0.2) is 0 Å². The lowest BCUT2D eigenvalue weighted by Crippen LogP contribution is -2.21. The number of hydrogen-bond acceptors (Lipinski definition) is 4. The fourth-order valence-corrected chi connectivity index (χ4v) is 1.56. The zero-order valence-corrected chi connectivity index (χ0v) is 9.75. The van der Waals surface area contributed by atoms with E-state index in [0.717, 1.165) is 5.56 Å². The Hall–Kier alpha value is -2.17. The van der Waals surface area contributed by atoms with Crippen LogP contribution in [0.3, 0.4) is 0 Å². The number of pyridine rings is 1. The zero-order valence-electron chi connectivity index (χ0n) is 9.75. The number of nitrogens with zero attached hydrogens (tertiary/aromatic N) is 3. The van der Waals surface area contributed by atoms with Crippen molar-refractivity contribution in [3.63, 3.8) is 0 Å². The average molecular weight is 231 g/mol. The number of methoxy groups -OCH3 is 1. The molecule has 0 bridgehead atoms. The molecule has 0 saturated carbocycles. The van der Waals surface area contributed by atoms with Crippen molar-refractivity contribution in [2.45, 2.75) is 13.3 Å². The highest BCUT2D eigenvalue weighted by Gasteiger charge is 2.05. The molecule has 88 valence electrons. The quantitative estimate of drug-likeness (QED) is 0.796. The normalized spacial score (nSPS) is 10.2. The van der Waals surface area contributed by atoms with Gasteiger partial charge in [-0.3, -0.25) is 9.36 Å². The molecule has 2 aromatic heterocycles. The van der Waals surface area contributed by atoms with Gasteiger partial charge in [0.05, 0.1) is 7.11 Å². The van der Waals surface area contributed by atoms with Gasteiger partial charge in [0.2, 0.25) is 5.88 Å². The van der Waals surface area contributed by atoms with Crippen LogP contribution in [0.1, 0.15) is 12.5 Å². The Morgan fingerprint density at radius 1 is 1.41 bits per heavy atom. The van der Waals surface area contributed by atoms with E-state index >= 15 is 0 Å². The molecule has 0 aromatic carbocycles. The molecular formula is C12H13N3O2. The average Bonchev–Trinajstić information content (AvgIpc) is 2.39. The minimum absolute atomic E-state index is 0.0595. The van der Waals surface area contributed by atoms with Crippen molar-refractivity contribution >= 4 is 0 Å². The molecule has 5 nitrogen and oxygen atoms in total. The number of rotatable bonds is 3. The molecule has 0 N–H and O–H groups in total. The Bertz CT molecular complexity index is 578. The SMILES string of the molecule is CCc1cccn(-c2cc(OC)ncn2)c1=O. The molecule has 0 spiro atoms. The van der Waals surface area contributed by atoms with Gasteiger partial charge in [-0.2, -0.15) is 0 Å². The molecule has 2 aromatic rings. The molecule has 0 radical (unpaired) electrons. The van der Waals surface area contributed by atoms with E-state index in [1.54, 1.807) is 12.3 Å². The molecule has 0 atom stereocenters. The topological polar surface area (TPSA) is 57.0 Å². The molecule has 0 aliphatic carbocycles. The standard InChI is InChI=1S/C12H13N3O2/c1-3-9-5-4-6-15(12(9)16)10-7-11(17-2)14-8-13-10/h4-8H,3H2,1-2H3. The lowest BCUT2D eigenvalue weighted by molar-refractivity contribution is 0.396. The second-order valence-corrected chi connectivity index (χ2v) is 3.48. The van der Waals surface area contributed by atoms with Gasteiger partial charge in [0.25, 0.3) is 5.56 Å². The highest BCUT2D eigenvalue weighted by atomic mass is 16.5. The fourth-order valence-electron chi connectivity index (χ4n) is 1.56. The molecule has 5 heteroatoms. The predicted molar refractivity (Wildman–Crippen MR) is 63.6 cm³/mol. The van der Waals surface area contributed by atoms with Gasteiger partial charge in [-0.05, 0) is 12.5 Å². The molecule has 2 heterocycles. The molecule has 0 fully saturated rings. The lowest BCUT2D eigenvalue weighted by Gasteiger charge is -2.06. The first-order valence-corrected chi connectivity index (χ1v) is 5.33. The Balaban J connectivity index is 2.56. The molecular weight excluding hydrogens is 218 g/mol. The highest BCUT2D eigenvalue weighted by molar-refractivity contribution is 5.28. The predicted octanol–water partition coefficient (Wildman–Crippen LogP) is 1.20. The summed E-state index contributed by atoms with van der Waals surface area (Å²) < 4.78 is 6.50. The smallest absolute Gasteiger partial charge is 0.259 e. The highest BCUT2D eigenvalue weighted by Crippen LogP contribution is 2.08. The molecule has 0 aliphatic rings. The van der Waals surface area contributed by atoms with Crippen molar-refractivity contribution in [3.05, 3.63) is 46.6 Å². The van der Waals surface area contributed by atoms with Crippen LogP contribution in [0.4, 0.5) is 0 Å². The van der Waals surface area contributed by atoms with E-state index in [0.29, 0.717) is 18.1 Å².